The van der Waals surface area contributed by atoms with Crippen LogP contribution in [0.2, 0.25) is 0 Å². The van der Waals surface area contributed by atoms with Crippen molar-refractivity contribution >= 4 is 0 Å². The van der Waals surface area contributed by atoms with E-state index in [1.807, 2.05) is 38.6 Å². The standard InChI is InChI=1S/2C10H8FN2.C6H4N5.Ir/c2*1-12-5-6-13(8-12)10-4-2-3-9(11)7-10;1-2-4-7-5(3-1)6-8-10-11-9-6;/h2*2-3,5-7H,1H3;1-4H;/q3*-1;. The van der Waals surface area contributed by atoms with E-state index in [-0.39, 0.29) is 31.7 Å². The Hall–Kier alpha value is -4.41. The molecule has 9 nitrogen and oxygen atoms in total. The van der Waals surface area contributed by atoms with Gasteiger partial charge in [0, 0.05) is 62.7 Å². The molecule has 1 radical (unpaired) electrons. The summed E-state index contributed by atoms with van der Waals surface area (Å²) >= 11 is 0. The van der Waals surface area contributed by atoms with Crippen LogP contribution in [0.5, 0.6) is 0 Å². The van der Waals surface area contributed by atoms with Crippen LogP contribution in [-0.2, 0) is 34.2 Å². The van der Waals surface area contributed by atoms with E-state index < -0.39 is 0 Å². The van der Waals surface area contributed by atoms with Gasteiger partial charge in [0.05, 0.1) is 25.6 Å². The van der Waals surface area contributed by atoms with Crippen LogP contribution in [0.4, 0.5) is 8.78 Å². The number of imidazole rings is 2. The second-order valence-electron chi connectivity index (χ2n) is 7.46. The molecule has 0 N–H and O–H groups in total. The van der Waals surface area contributed by atoms with E-state index in [0.29, 0.717) is 22.9 Å². The molecule has 0 amide bonds. The maximum absolute atomic E-state index is 12.8. The molecular formula is C26H20F2IrN9-3. The summed E-state index contributed by atoms with van der Waals surface area (Å²) in [6.07, 6.45) is 14.8. The summed E-state index contributed by atoms with van der Waals surface area (Å²) in [5.74, 6) is -0.0670. The second-order valence-corrected chi connectivity index (χ2v) is 7.46. The Labute approximate surface area is 231 Å². The van der Waals surface area contributed by atoms with Crippen LogP contribution in [0.1, 0.15) is 0 Å². The van der Waals surface area contributed by atoms with Gasteiger partial charge in [-0.25, -0.2) is 8.78 Å². The first-order valence-corrected chi connectivity index (χ1v) is 10.9. The number of aryl methyl sites for hydroxylation is 2. The molecule has 0 aliphatic rings. The van der Waals surface area contributed by atoms with E-state index >= 15 is 0 Å². The summed E-state index contributed by atoms with van der Waals surface area (Å²) in [6, 6.07) is 20.0. The van der Waals surface area contributed by atoms with Crippen molar-refractivity contribution in [3.63, 3.8) is 0 Å². The number of nitrogens with zero attached hydrogens (tertiary/aromatic N) is 9. The third-order valence-corrected chi connectivity index (χ3v) is 4.64. The van der Waals surface area contributed by atoms with Gasteiger partial charge in [-0.2, -0.15) is 29.5 Å². The quantitative estimate of drug-likeness (QED) is 0.210. The van der Waals surface area contributed by atoms with Gasteiger partial charge >= 0.3 is 0 Å². The number of aromatic nitrogens is 9. The first kappa shape index (κ1) is 28.2. The van der Waals surface area contributed by atoms with Crippen molar-refractivity contribution < 1.29 is 38.0 Å². The van der Waals surface area contributed by atoms with E-state index in [2.05, 4.69) is 50.4 Å². The topological polar surface area (TPSA) is 83.3 Å². The average molecular weight is 689 g/mol. The molecule has 12 heteroatoms. The Balaban J connectivity index is 0.000000156. The third kappa shape index (κ3) is 8.05. The number of halogens is 2. The summed E-state index contributed by atoms with van der Waals surface area (Å²) < 4.78 is 32.5. The van der Waals surface area contributed by atoms with E-state index in [4.69, 9.17) is 0 Å². The molecule has 38 heavy (non-hydrogen) atoms. The summed E-state index contributed by atoms with van der Waals surface area (Å²) in [7, 11) is 3.71. The van der Waals surface area contributed by atoms with Crippen molar-refractivity contribution in [1.82, 2.24) is 34.7 Å². The predicted molar refractivity (Wildman–Crippen MR) is 126 cm³/mol. The summed E-state index contributed by atoms with van der Waals surface area (Å²) in [4.78, 5) is 4.02. The molecule has 0 aliphatic carbocycles. The molecule has 0 saturated heterocycles. The van der Waals surface area contributed by atoms with Crippen molar-refractivity contribution in [1.29, 1.82) is 0 Å². The minimum Gasteiger partial charge on any atom is -0.348 e. The molecule has 0 saturated carbocycles. The van der Waals surface area contributed by atoms with Crippen molar-refractivity contribution in [3.8, 4) is 22.9 Å². The SMILES string of the molecule is C[n+]1[c-]n(-c2[c-]ccc(F)c2)cc1.C[n+]1[c-]n(-c2[c-]ccc(F)c2)cc1.[Ir].c1ccc(-c2nnn[n-]2)nc1. The van der Waals surface area contributed by atoms with Crippen LogP contribution in [0.25, 0.3) is 22.9 Å². The monoisotopic (exact) mass is 689 g/mol. The van der Waals surface area contributed by atoms with E-state index in [9.17, 15) is 8.78 Å². The molecule has 0 fully saturated rings. The summed E-state index contributed by atoms with van der Waals surface area (Å²) in [6.45, 7) is 0. The Morgan fingerprint density at radius 2 is 1.42 bits per heavy atom. The summed E-state index contributed by atoms with van der Waals surface area (Å²) in [5, 5.41) is 14.0. The fraction of sp³-hybridized carbons (Fsp3) is 0.0769. The van der Waals surface area contributed by atoms with Crippen molar-refractivity contribution in [2.45, 2.75) is 0 Å². The molecule has 6 aromatic rings. The van der Waals surface area contributed by atoms with Gasteiger partial charge in [-0.1, -0.05) is 17.4 Å². The Morgan fingerprint density at radius 1 is 0.842 bits per heavy atom. The number of hydrogen-bond donors (Lipinski definition) is 0. The van der Waals surface area contributed by atoms with E-state index in [0.717, 1.165) is 0 Å². The van der Waals surface area contributed by atoms with Gasteiger partial charge in [-0.3, -0.25) is 15.3 Å². The zero-order valence-corrected chi connectivity index (χ0v) is 22.6. The minimum atomic E-state index is -0.265. The smallest absolute Gasteiger partial charge is 0.241 e. The van der Waals surface area contributed by atoms with Crippen molar-refractivity contribution in [2.24, 2.45) is 14.1 Å². The zero-order valence-electron chi connectivity index (χ0n) is 20.2. The van der Waals surface area contributed by atoms with Crippen LogP contribution < -0.4 is 14.2 Å². The van der Waals surface area contributed by atoms with Crippen LogP contribution in [0.3, 0.4) is 0 Å². The van der Waals surface area contributed by atoms with Crippen molar-refractivity contribution in [2.75, 3.05) is 0 Å². The number of tetrazole rings is 1. The molecule has 0 bridgehead atoms. The molecule has 4 aromatic heterocycles. The van der Waals surface area contributed by atoms with Gasteiger partial charge in [0.1, 0.15) is 0 Å². The Morgan fingerprint density at radius 3 is 1.82 bits per heavy atom. The number of rotatable bonds is 3. The first-order valence-electron chi connectivity index (χ1n) is 10.9. The molecule has 0 atom stereocenters. The summed E-state index contributed by atoms with van der Waals surface area (Å²) in [5.41, 5.74) is 2.00. The van der Waals surface area contributed by atoms with Gasteiger partial charge in [-0.05, 0) is 12.1 Å². The maximum Gasteiger partial charge on any atom is 0.241 e. The molecule has 195 valence electrons. The van der Waals surface area contributed by atoms with Gasteiger partial charge in [0.25, 0.3) is 0 Å². The molecule has 6 rings (SSSR count). The van der Waals surface area contributed by atoms with E-state index in [1.165, 1.54) is 24.3 Å². The third-order valence-electron chi connectivity index (χ3n) is 4.64. The number of pyridine rings is 1. The first-order chi connectivity index (χ1) is 18.0. The Bertz CT molecular complexity index is 1450. The van der Waals surface area contributed by atoms with Crippen LogP contribution in [-0.4, -0.2) is 29.6 Å². The van der Waals surface area contributed by atoms with Gasteiger partial charge in [0.15, 0.2) is 0 Å². The predicted octanol–water partition coefficient (Wildman–Crippen LogP) is 1.97. The molecular weight excluding hydrogens is 669 g/mol. The van der Waals surface area contributed by atoms with Crippen LogP contribution in [0, 0.1) is 36.4 Å². The van der Waals surface area contributed by atoms with Crippen LogP contribution >= 0.6 is 0 Å². The van der Waals surface area contributed by atoms with Gasteiger partial charge in [-0.15, -0.1) is 24.3 Å². The second kappa shape index (κ2) is 13.8. The maximum atomic E-state index is 12.8. The normalized spacial score (nSPS) is 9.89. The Kier molecular flexibility index (Phi) is 10.2. The number of hydrogen-bond acceptors (Lipinski definition) is 4. The average Bonchev–Trinajstić information content (AvgIpc) is 3.68. The fourth-order valence-corrected chi connectivity index (χ4v) is 2.95. The fourth-order valence-electron chi connectivity index (χ4n) is 2.95. The molecule has 4 heterocycles. The van der Waals surface area contributed by atoms with Gasteiger partial charge < -0.3 is 23.4 Å². The van der Waals surface area contributed by atoms with Crippen LogP contribution in [0.15, 0.2) is 85.6 Å². The molecule has 2 aromatic carbocycles. The number of benzene rings is 2. The minimum absolute atomic E-state index is 0. The van der Waals surface area contributed by atoms with Gasteiger partial charge in [0.2, 0.25) is 12.7 Å². The molecule has 0 aliphatic heterocycles. The zero-order chi connectivity index (χ0) is 26.0. The molecule has 0 spiro atoms. The largest absolute Gasteiger partial charge is 0.348 e. The molecule has 0 unspecified atom stereocenters. The van der Waals surface area contributed by atoms with E-state index in [1.54, 1.807) is 55.1 Å². The van der Waals surface area contributed by atoms with Crippen molar-refractivity contribution in [3.05, 3.63) is 122 Å².